The number of piperidine rings is 1. The van der Waals surface area contributed by atoms with Gasteiger partial charge in [0.15, 0.2) is 0 Å². The van der Waals surface area contributed by atoms with Gasteiger partial charge in [-0.3, -0.25) is 0 Å². The summed E-state index contributed by atoms with van der Waals surface area (Å²) in [5.41, 5.74) is 5.29. The molecule has 0 radical (unpaired) electrons. The van der Waals surface area contributed by atoms with Gasteiger partial charge in [-0.1, -0.05) is 0 Å². The molecular weight excluding hydrogens is 178 g/mol. The number of rotatable bonds is 1. The van der Waals surface area contributed by atoms with E-state index in [2.05, 4.69) is 5.32 Å². The third kappa shape index (κ3) is 2.00. The molecule has 0 aliphatic carbocycles. The van der Waals surface area contributed by atoms with Crippen LogP contribution in [-0.4, -0.2) is 36.6 Å². The van der Waals surface area contributed by atoms with Crippen molar-refractivity contribution in [3.05, 3.63) is 0 Å². The van der Waals surface area contributed by atoms with E-state index in [-0.39, 0.29) is 6.03 Å². The lowest BCUT2D eigenvalue weighted by Gasteiger charge is -2.34. The summed E-state index contributed by atoms with van der Waals surface area (Å²) in [5.74, 6) is 0.624. The second kappa shape index (κ2) is 4.17. The van der Waals surface area contributed by atoms with E-state index in [1.165, 1.54) is 19.3 Å². The standard InChI is InChI=1S/C10H19N3O/c11-10(14)13-6-2-3-8(7-13)9-4-1-5-12-9/h8-9,12H,1-7H2,(H2,11,14). The topological polar surface area (TPSA) is 58.4 Å². The maximum Gasteiger partial charge on any atom is 0.314 e. The number of nitrogens with two attached hydrogens (primary N) is 1. The van der Waals surface area contributed by atoms with E-state index in [0.29, 0.717) is 12.0 Å². The molecule has 2 fully saturated rings. The Morgan fingerprint density at radius 3 is 2.86 bits per heavy atom. The number of primary amides is 1. The Hall–Kier alpha value is -0.770. The molecular formula is C10H19N3O. The first-order valence-electron chi connectivity index (χ1n) is 5.55. The fraction of sp³-hybridized carbons (Fsp3) is 0.900. The Balaban J connectivity index is 1.89. The molecule has 4 heteroatoms. The predicted molar refractivity (Wildman–Crippen MR) is 54.9 cm³/mol. The monoisotopic (exact) mass is 197 g/mol. The highest BCUT2D eigenvalue weighted by Crippen LogP contribution is 2.24. The van der Waals surface area contributed by atoms with E-state index in [4.69, 9.17) is 5.73 Å². The van der Waals surface area contributed by atoms with Crippen LogP contribution in [0.3, 0.4) is 0 Å². The van der Waals surface area contributed by atoms with Crippen molar-refractivity contribution in [1.82, 2.24) is 10.2 Å². The summed E-state index contributed by atoms with van der Waals surface area (Å²) >= 11 is 0. The summed E-state index contributed by atoms with van der Waals surface area (Å²) in [4.78, 5) is 12.8. The van der Waals surface area contributed by atoms with Crippen LogP contribution in [0.5, 0.6) is 0 Å². The van der Waals surface area contributed by atoms with Crippen molar-refractivity contribution in [2.24, 2.45) is 11.7 Å². The number of carbonyl (C=O) groups excluding carboxylic acids is 1. The minimum absolute atomic E-state index is 0.257. The van der Waals surface area contributed by atoms with Crippen molar-refractivity contribution >= 4 is 6.03 Å². The van der Waals surface area contributed by atoms with Gasteiger partial charge in [0.1, 0.15) is 0 Å². The predicted octanol–water partition coefficient (Wildman–Crippen LogP) is 0.529. The summed E-state index contributed by atoms with van der Waals surface area (Å²) in [6, 6.07) is 0.366. The number of hydrogen-bond donors (Lipinski definition) is 2. The third-order valence-corrected chi connectivity index (χ3v) is 3.44. The lowest BCUT2D eigenvalue weighted by atomic mass is 9.90. The Bertz CT molecular complexity index is 213. The number of carbonyl (C=O) groups is 1. The zero-order valence-corrected chi connectivity index (χ0v) is 8.54. The second-order valence-electron chi connectivity index (χ2n) is 4.39. The van der Waals surface area contributed by atoms with Gasteiger partial charge in [0.2, 0.25) is 0 Å². The average molecular weight is 197 g/mol. The molecule has 0 bridgehead atoms. The minimum atomic E-state index is -0.257. The number of likely N-dealkylation sites (tertiary alicyclic amines) is 1. The largest absolute Gasteiger partial charge is 0.351 e. The first kappa shape index (κ1) is 9.77. The zero-order chi connectivity index (χ0) is 9.97. The Morgan fingerprint density at radius 2 is 2.21 bits per heavy atom. The van der Waals surface area contributed by atoms with E-state index in [9.17, 15) is 4.79 Å². The van der Waals surface area contributed by atoms with E-state index >= 15 is 0 Å². The van der Waals surface area contributed by atoms with Crippen LogP contribution >= 0.6 is 0 Å². The number of amides is 2. The summed E-state index contributed by atoms with van der Waals surface area (Å²) in [6.45, 7) is 2.84. The first-order chi connectivity index (χ1) is 6.77. The summed E-state index contributed by atoms with van der Waals surface area (Å²) in [7, 11) is 0. The van der Waals surface area contributed by atoms with Crippen molar-refractivity contribution < 1.29 is 4.79 Å². The first-order valence-corrected chi connectivity index (χ1v) is 5.55. The van der Waals surface area contributed by atoms with Gasteiger partial charge in [0.25, 0.3) is 0 Å². The van der Waals surface area contributed by atoms with Crippen molar-refractivity contribution in [2.75, 3.05) is 19.6 Å². The summed E-state index contributed by atoms with van der Waals surface area (Å²) in [6.07, 6.45) is 4.88. The lowest BCUT2D eigenvalue weighted by molar-refractivity contribution is 0.160. The van der Waals surface area contributed by atoms with Gasteiger partial charge in [-0.25, -0.2) is 4.79 Å². The fourth-order valence-corrected chi connectivity index (χ4v) is 2.65. The number of urea groups is 1. The van der Waals surface area contributed by atoms with Crippen LogP contribution in [0.25, 0.3) is 0 Å². The van der Waals surface area contributed by atoms with Gasteiger partial charge in [-0.15, -0.1) is 0 Å². The lowest BCUT2D eigenvalue weighted by Crippen LogP contribution is -2.47. The molecule has 3 N–H and O–H groups in total. The van der Waals surface area contributed by atoms with Gasteiger partial charge in [0, 0.05) is 19.1 Å². The maximum absolute atomic E-state index is 11.0. The zero-order valence-electron chi connectivity index (χ0n) is 8.54. The Morgan fingerprint density at radius 1 is 1.36 bits per heavy atom. The van der Waals surface area contributed by atoms with E-state index < -0.39 is 0 Å². The van der Waals surface area contributed by atoms with Gasteiger partial charge in [-0.05, 0) is 38.1 Å². The quantitative estimate of drug-likeness (QED) is 0.644. The van der Waals surface area contributed by atoms with Gasteiger partial charge >= 0.3 is 6.03 Å². The molecule has 2 amide bonds. The van der Waals surface area contributed by atoms with Crippen LogP contribution in [-0.2, 0) is 0 Å². The van der Waals surface area contributed by atoms with Crippen molar-refractivity contribution in [1.29, 1.82) is 0 Å². The van der Waals surface area contributed by atoms with Crippen LogP contribution < -0.4 is 11.1 Å². The highest BCUT2D eigenvalue weighted by molar-refractivity contribution is 5.72. The SMILES string of the molecule is NC(=O)N1CCCC(C2CCCN2)C1. The molecule has 2 atom stereocenters. The Labute approximate surface area is 84.8 Å². The molecule has 80 valence electrons. The van der Waals surface area contributed by atoms with Crippen LogP contribution in [0.1, 0.15) is 25.7 Å². The van der Waals surface area contributed by atoms with Crippen molar-refractivity contribution in [3.8, 4) is 0 Å². The van der Waals surface area contributed by atoms with E-state index in [0.717, 1.165) is 26.1 Å². The molecule has 4 nitrogen and oxygen atoms in total. The van der Waals surface area contributed by atoms with Gasteiger partial charge in [-0.2, -0.15) is 0 Å². The van der Waals surface area contributed by atoms with Gasteiger partial charge in [0.05, 0.1) is 0 Å². The van der Waals surface area contributed by atoms with Crippen LogP contribution in [0.4, 0.5) is 4.79 Å². The van der Waals surface area contributed by atoms with Crippen molar-refractivity contribution in [3.63, 3.8) is 0 Å². The van der Waals surface area contributed by atoms with Crippen LogP contribution in [0.2, 0.25) is 0 Å². The van der Waals surface area contributed by atoms with Gasteiger partial charge < -0.3 is 16.0 Å². The summed E-state index contributed by atoms with van der Waals surface area (Å²) < 4.78 is 0. The third-order valence-electron chi connectivity index (χ3n) is 3.44. The Kier molecular flexibility index (Phi) is 2.91. The van der Waals surface area contributed by atoms with E-state index in [1.807, 2.05) is 0 Å². The number of hydrogen-bond acceptors (Lipinski definition) is 2. The molecule has 2 rings (SSSR count). The highest BCUT2D eigenvalue weighted by Gasteiger charge is 2.29. The number of nitrogens with zero attached hydrogens (tertiary/aromatic N) is 1. The molecule has 2 unspecified atom stereocenters. The van der Waals surface area contributed by atoms with E-state index in [1.54, 1.807) is 4.90 Å². The molecule has 2 aliphatic heterocycles. The molecule has 0 aromatic rings. The fourth-order valence-electron chi connectivity index (χ4n) is 2.65. The maximum atomic E-state index is 11.0. The number of nitrogens with one attached hydrogen (secondary N) is 1. The molecule has 2 saturated heterocycles. The molecule has 0 aromatic heterocycles. The molecule has 2 aliphatic rings. The molecule has 0 spiro atoms. The smallest absolute Gasteiger partial charge is 0.314 e. The molecule has 2 heterocycles. The molecule has 0 aromatic carbocycles. The van der Waals surface area contributed by atoms with Crippen molar-refractivity contribution in [2.45, 2.75) is 31.7 Å². The van der Waals surface area contributed by atoms with Crippen LogP contribution in [0.15, 0.2) is 0 Å². The van der Waals surface area contributed by atoms with Crippen LogP contribution in [0, 0.1) is 5.92 Å². The molecule has 14 heavy (non-hydrogen) atoms. The average Bonchev–Trinajstić information content (AvgIpc) is 2.71. The minimum Gasteiger partial charge on any atom is -0.351 e. The summed E-state index contributed by atoms with van der Waals surface area (Å²) in [5, 5.41) is 3.51. The highest BCUT2D eigenvalue weighted by atomic mass is 16.2. The normalized spacial score (nSPS) is 33.3. The second-order valence-corrected chi connectivity index (χ2v) is 4.39. The molecule has 0 saturated carbocycles.